The maximum Gasteiger partial charge on any atom is 0.232 e. The van der Waals surface area contributed by atoms with Crippen LogP contribution in [0.2, 0.25) is 0 Å². The summed E-state index contributed by atoms with van der Waals surface area (Å²) in [7, 11) is -2.37. The highest BCUT2D eigenvalue weighted by molar-refractivity contribution is 7.93. The molecule has 0 spiro atoms. The van der Waals surface area contributed by atoms with Crippen LogP contribution in [-0.4, -0.2) is 61.7 Å². The van der Waals surface area contributed by atoms with E-state index in [1.807, 2.05) is 0 Å². The van der Waals surface area contributed by atoms with Crippen LogP contribution in [0.3, 0.4) is 0 Å². The molecule has 2 heterocycles. The number of hydrogen-bond donors (Lipinski definition) is 1. The lowest BCUT2D eigenvalue weighted by Crippen LogP contribution is -2.56. The monoisotopic (exact) mass is 526 g/mol. The Morgan fingerprint density at radius 2 is 2.00 bits per heavy atom. The number of aliphatic imine (C=N–C) groups is 1. The van der Waals surface area contributed by atoms with Crippen LogP contribution in [0.5, 0.6) is 5.88 Å². The number of hydrogen-bond acceptors (Lipinski definition) is 8. The average molecular weight is 527 g/mol. The number of rotatable bonds is 9. The van der Waals surface area contributed by atoms with E-state index in [1.165, 1.54) is 24.5 Å². The predicted molar refractivity (Wildman–Crippen MR) is 131 cm³/mol. The minimum atomic E-state index is -3.91. The van der Waals surface area contributed by atoms with Gasteiger partial charge in [0.05, 0.1) is 24.5 Å². The van der Waals surface area contributed by atoms with Gasteiger partial charge < -0.3 is 15.2 Å². The molecule has 8 nitrogen and oxygen atoms in total. The SMILES string of the molecule is COC[C@H](C)Oc1cnc(/C(F)=C/c2ccc(F)c([C@]3(C)CC[C@@](CF)(S(C)(=O)=O)C(N)=N3)c2)cn1. The van der Waals surface area contributed by atoms with Crippen LogP contribution in [0.15, 0.2) is 35.6 Å². The molecule has 2 N–H and O–H groups in total. The zero-order valence-electron chi connectivity index (χ0n) is 20.5. The lowest BCUT2D eigenvalue weighted by Gasteiger charge is -2.39. The van der Waals surface area contributed by atoms with Gasteiger partial charge in [-0.3, -0.25) is 4.99 Å². The molecule has 36 heavy (non-hydrogen) atoms. The second kappa shape index (κ2) is 10.6. The van der Waals surface area contributed by atoms with Gasteiger partial charge in [0.1, 0.15) is 30.1 Å². The summed E-state index contributed by atoms with van der Waals surface area (Å²) < 4.78 is 76.5. The summed E-state index contributed by atoms with van der Waals surface area (Å²) in [5.74, 6) is -1.56. The number of nitrogens with zero attached hydrogens (tertiary/aromatic N) is 3. The van der Waals surface area contributed by atoms with E-state index in [4.69, 9.17) is 15.2 Å². The number of alkyl halides is 1. The van der Waals surface area contributed by atoms with Gasteiger partial charge in [0.2, 0.25) is 5.88 Å². The summed E-state index contributed by atoms with van der Waals surface area (Å²) in [6.07, 6.45) is 4.13. The molecule has 3 atom stereocenters. The molecule has 0 radical (unpaired) electrons. The summed E-state index contributed by atoms with van der Waals surface area (Å²) >= 11 is 0. The fourth-order valence-electron chi connectivity index (χ4n) is 4.04. The zero-order valence-corrected chi connectivity index (χ0v) is 21.3. The first-order valence-corrected chi connectivity index (χ1v) is 13.0. The van der Waals surface area contributed by atoms with Crippen LogP contribution in [0.4, 0.5) is 13.2 Å². The van der Waals surface area contributed by atoms with Crippen LogP contribution in [-0.2, 0) is 20.1 Å². The number of methoxy groups -OCH3 is 1. The van der Waals surface area contributed by atoms with Crippen LogP contribution >= 0.6 is 0 Å². The largest absolute Gasteiger partial charge is 0.471 e. The molecule has 196 valence electrons. The minimum Gasteiger partial charge on any atom is -0.471 e. The fourth-order valence-corrected chi connectivity index (χ4v) is 5.14. The molecule has 3 rings (SSSR count). The Hall–Kier alpha value is -2.99. The summed E-state index contributed by atoms with van der Waals surface area (Å²) in [4.78, 5) is 12.3. The first kappa shape index (κ1) is 27.6. The van der Waals surface area contributed by atoms with Crippen LogP contribution in [0.25, 0.3) is 11.9 Å². The highest BCUT2D eigenvalue weighted by Crippen LogP contribution is 2.42. The Bertz CT molecular complexity index is 1270. The van der Waals surface area contributed by atoms with Crippen molar-refractivity contribution in [3.63, 3.8) is 0 Å². The first-order chi connectivity index (χ1) is 16.8. The van der Waals surface area contributed by atoms with Crippen molar-refractivity contribution in [2.75, 3.05) is 26.6 Å². The van der Waals surface area contributed by atoms with Crippen molar-refractivity contribution in [1.29, 1.82) is 0 Å². The molecular formula is C24H29F3N4O4S. The molecule has 1 aliphatic heterocycles. The van der Waals surface area contributed by atoms with Crippen molar-refractivity contribution >= 4 is 27.6 Å². The smallest absolute Gasteiger partial charge is 0.232 e. The molecule has 0 amide bonds. The number of nitrogens with two attached hydrogens (primary N) is 1. The summed E-state index contributed by atoms with van der Waals surface area (Å²) in [6.45, 7) is 2.47. The lowest BCUT2D eigenvalue weighted by atomic mass is 9.81. The van der Waals surface area contributed by atoms with Gasteiger partial charge >= 0.3 is 0 Å². The standard InChI is InChI=1S/C24H29F3N4O4S/c1-15(13-34-3)35-21-12-29-20(11-30-21)19(27)10-16-5-6-18(26)17(9-16)23(2)7-8-24(14-25,22(28)31-23)36(4,32)33/h5-6,9-12,15H,7-8,13-14H2,1-4H3,(H2,28,31)/b19-10-/t15-,23-,24-/m0/s1. The molecule has 1 aliphatic rings. The molecular weight excluding hydrogens is 497 g/mol. The molecule has 0 unspecified atom stereocenters. The van der Waals surface area contributed by atoms with Crippen LogP contribution < -0.4 is 10.5 Å². The first-order valence-electron chi connectivity index (χ1n) is 11.1. The average Bonchev–Trinajstić information content (AvgIpc) is 2.80. The van der Waals surface area contributed by atoms with Crippen molar-refractivity contribution in [3.05, 3.63) is 53.2 Å². The number of halogens is 3. The van der Waals surface area contributed by atoms with Gasteiger partial charge in [0, 0.05) is 18.9 Å². The van der Waals surface area contributed by atoms with Crippen molar-refractivity contribution in [2.24, 2.45) is 10.7 Å². The Labute approximate surface area is 208 Å². The predicted octanol–water partition coefficient (Wildman–Crippen LogP) is 3.62. The molecule has 0 aliphatic carbocycles. The van der Waals surface area contributed by atoms with E-state index in [9.17, 15) is 21.6 Å². The Morgan fingerprint density at radius 1 is 1.28 bits per heavy atom. The number of ether oxygens (including phenoxy) is 2. The van der Waals surface area contributed by atoms with Crippen molar-refractivity contribution in [2.45, 2.75) is 43.1 Å². The third-order valence-electron chi connectivity index (χ3n) is 6.24. The Morgan fingerprint density at radius 3 is 2.56 bits per heavy atom. The van der Waals surface area contributed by atoms with E-state index < -0.39 is 44.3 Å². The third-order valence-corrected chi connectivity index (χ3v) is 8.18. The van der Waals surface area contributed by atoms with Gasteiger partial charge in [-0.15, -0.1) is 0 Å². The van der Waals surface area contributed by atoms with Crippen molar-refractivity contribution in [3.8, 4) is 5.88 Å². The van der Waals surface area contributed by atoms with E-state index in [0.29, 0.717) is 12.2 Å². The van der Waals surface area contributed by atoms with Gasteiger partial charge in [-0.1, -0.05) is 6.07 Å². The van der Waals surface area contributed by atoms with E-state index in [-0.39, 0.29) is 36.1 Å². The second-order valence-electron chi connectivity index (χ2n) is 9.03. The highest BCUT2D eigenvalue weighted by Gasteiger charge is 2.51. The van der Waals surface area contributed by atoms with Gasteiger partial charge in [-0.2, -0.15) is 0 Å². The molecule has 0 saturated carbocycles. The summed E-state index contributed by atoms with van der Waals surface area (Å²) in [5, 5.41) is 0. The third kappa shape index (κ3) is 5.54. The molecule has 12 heteroatoms. The zero-order chi connectivity index (χ0) is 26.7. The maximum absolute atomic E-state index is 14.9. The van der Waals surface area contributed by atoms with Crippen LogP contribution in [0.1, 0.15) is 43.5 Å². The lowest BCUT2D eigenvalue weighted by molar-refractivity contribution is 0.0886. The second-order valence-corrected chi connectivity index (χ2v) is 11.4. The quantitative estimate of drug-likeness (QED) is 0.530. The van der Waals surface area contributed by atoms with Crippen LogP contribution in [0, 0.1) is 5.82 Å². The minimum absolute atomic E-state index is 0.0195. The molecule has 1 aromatic carbocycles. The van der Waals surface area contributed by atoms with Gasteiger partial charge in [0.15, 0.2) is 20.4 Å². The van der Waals surface area contributed by atoms with Gasteiger partial charge in [0.25, 0.3) is 0 Å². The summed E-state index contributed by atoms with van der Waals surface area (Å²) in [6, 6.07) is 3.92. The normalized spacial score (nSPS) is 23.8. The van der Waals surface area contributed by atoms with Gasteiger partial charge in [-0.05, 0) is 50.5 Å². The van der Waals surface area contributed by atoms with E-state index >= 15 is 0 Å². The maximum atomic E-state index is 14.9. The topological polar surface area (TPSA) is 117 Å². The number of sulfone groups is 1. The van der Waals surface area contributed by atoms with E-state index in [1.54, 1.807) is 21.0 Å². The molecule has 0 saturated heterocycles. The molecule has 1 aromatic heterocycles. The van der Waals surface area contributed by atoms with E-state index in [0.717, 1.165) is 18.4 Å². The molecule has 0 bridgehead atoms. The number of benzene rings is 1. The molecule has 0 fully saturated rings. The Balaban J connectivity index is 1.90. The molecule has 2 aromatic rings. The van der Waals surface area contributed by atoms with Crippen molar-refractivity contribution < 1.29 is 31.1 Å². The fraction of sp³-hybridized carbons (Fsp3) is 0.458. The van der Waals surface area contributed by atoms with Crippen molar-refractivity contribution in [1.82, 2.24) is 9.97 Å². The number of aromatic nitrogens is 2. The Kier molecular flexibility index (Phi) is 8.09. The highest BCUT2D eigenvalue weighted by atomic mass is 32.2. The summed E-state index contributed by atoms with van der Waals surface area (Å²) in [5.41, 5.74) is 4.99. The number of amidine groups is 1. The van der Waals surface area contributed by atoms with E-state index in [2.05, 4.69) is 15.0 Å². The van der Waals surface area contributed by atoms with Gasteiger partial charge in [-0.25, -0.2) is 31.6 Å².